The van der Waals surface area contributed by atoms with Crippen LogP contribution in [-0.4, -0.2) is 41.6 Å². The molecule has 0 bridgehead atoms. The number of benzene rings is 2. The molecule has 6 heteroatoms. The van der Waals surface area contributed by atoms with E-state index in [0.29, 0.717) is 12.2 Å². The maximum atomic E-state index is 13.5. The number of rotatable bonds is 5. The van der Waals surface area contributed by atoms with Gasteiger partial charge in [0, 0.05) is 11.9 Å². The van der Waals surface area contributed by atoms with Crippen molar-refractivity contribution >= 4 is 16.8 Å². The fourth-order valence-electron chi connectivity index (χ4n) is 2.89. The summed E-state index contributed by atoms with van der Waals surface area (Å²) in [4.78, 5) is 14.5. The van der Waals surface area contributed by atoms with Gasteiger partial charge in [0.05, 0.1) is 11.6 Å². The molecule has 5 nitrogen and oxygen atoms in total. The Bertz CT molecular complexity index is 903. The number of carbonyl (C=O) groups excluding carboxylic acids is 1. The van der Waals surface area contributed by atoms with Gasteiger partial charge in [0.2, 0.25) is 0 Å². The molecule has 2 aromatic carbocycles. The van der Waals surface area contributed by atoms with Gasteiger partial charge in [-0.25, -0.2) is 4.39 Å². The molecule has 25 heavy (non-hydrogen) atoms. The number of hydrogen-bond acceptors (Lipinski definition) is 3. The quantitative estimate of drug-likeness (QED) is 0.750. The summed E-state index contributed by atoms with van der Waals surface area (Å²) in [5, 5.41) is 10.7. The number of aromatic nitrogens is 2. The molecule has 0 radical (unpaired) electrons. The summed E-state index contributed by atoms with van der Waals surface area (Å²) in [5.74, 6) is -0.537. The molecule has 3 rings (SSSR count). The monoisotopic (exact) mass is 340 g/mol. The summed E-state index contributed by atoms with van der Waals surface area (Å²) in [6, 6.07) is 12.1. The van der Waals surface area contributed by atoms with Crippen LogP contribution in [-0.2, 0) is 0 Å². The van der Waals surface area contributed by atoms with E-state index in [1.165, 1.54) is 12.1 Å². The van der Waals surface area contributed by atoms with E-state index in [2.05, 4.69) is 15.5 Å². The Hall–Kier alpha value is -2.73. The SMILES string of the molecule is Cc1ccc2[nH]nc(C(=O)NCC(c3cccc(F)c3)N(C)C)c2c1. The van der Waals surface area contributed by atoms with Gasteiger partial charge in [0.25, 0.3) is 5.91 Å². The number of halogens is 1. The minimum Gasteiger partial charge on any atom is -0.349 e. The minimum absolute atomic E-state index is 0.133. The Morgan fingerprint density at radius 1 is 1.28 bits per heavy atom. The van der Waals surface area contributed by atoms with E-state index in [0.717, 1.165) is 22.0 Å². The van der Waals surface area contributed by atoms with E-state index in [4.69, 9.17) is 0 Å². The highest BCUT2D eigenvalue weighted by atomic mass is 19.1. The van der Waals surface area contributed by atoms with Crippen LogP contribution in [0.2, 0.25) is 0 Å². The number of H-pyrrole nitrogens is 1. The van der Waals surface area contributed by atoms with Crippen molar-refractivity contribution in [3.8, 4) is 0 Å². The Morgan fingerprint density at radius 3 is 2.80 bits per heavy atom. The molecule has 1 amide bonds. The third kappa shape index (κ3) is 3.69. The van der Waals surface area contributed by atoms with Crippen molar-refractivity contribution in [1.82, 2.24) is 20.4 Å². The largest absolute Gasteiger partial charge is 0.349 e. The number of nitrogens with one attached hydrogen (secondary N) is 2. The van der Waals surface area contributed by atoms with Gasteiger partial charge >= 0.3 is 0 Å². The van der Waals surface area contributed by atoms with Crippen LogP contribution in [0.1, 0.15) is 27.7 Å². The van der Waals surface area contributed by atoms with E-state index >= 15 is 0 Å². The molecule has 2 N–H and O–H groups in total. The highest BCUT2D eigenvalue weighted by Gasteiger charge is 2.19. The van der Waals surface area contributed by atoms with Crippen molar-refractivity contribution in [2.24, 2.45) is 0 Å². The zero-order valence-corrected chi connectivity index (χ0v) is 14.5. The smallest absolute Gasteiger partial charge is 0.272 e. The normalized spacial score (nSPS) is 12.5. The molecule has 0 aliphatic carbocycles. The van der Waals surface area contributed by atoms with E-state index in [9.17, 15) is 9.18 Å². The lowest BCUT2D eigenvalue weighted by Gasteiger charge is -2.25. The van der Waals surface area contributed by atoms with Gasteiger partial charge in [-0.2, -0.15) is 5.10 Å². The topological polar surface area (TPSA) is 61.0 Å². The molecule has 0 aliphatic rings. The van der Waals surface area contributed by atoms with Crippen LogP contribution in [0.5, 0.6) is 0 Å². The van der Waals surface area contributed by atoms with Gasteiger partial charge in [-0.15, -0.1) is 0 Å². The van der Waals surface area contributed by atoms with Crippen LogP contribution < -0.4 is 5.32 Å². The average Bonchev–Trinajstić information content (AvgIpc) is 2.97. The van der Waals surface area contributed by atoms with E-state index in [1.54, 1.807) is 6.07 Å². The Kier molecular flexibility index (Phi) is 4.81. The molecule has 1 atom stereocenters. The molecule has 3 aromatic rings. The van der Waals surface area contributed by atoms with Crippen LogP contribution in [0.3, 0.4) is 0 Å². The Morgan fingerprint density at radius 2 is 2.08 bits per heavy atom. The third-order valence-electron chi connectivity index (χ3n) is 4.25. The number of carbonyl (C=O) groups is 1. The van der Waals surface area contributed by atoms with Crippen molar-refractivity contribution in [1.29, 1.82) is 0 Å². The molecule has 0 spiro atoms. The summed E-state index contributed by atoms with van der Waals surface area (Å²) < 4.78 is 13.5. The summed E-state index contributed by atoms with van der Waals surface area (Å²) >= 11 is 0. The second-order valence-corrected chi connectivity index (χ2v) is 6.37. The molecule has 1 aromatic heterocycles. The number of aromatic amines is 1. The second kappa shape index (κ2) is 7.03. The molecule has 0 fully saturated rings. The Balaban J connectivity index is 1.78. The molecule has 0 saturated carbocycles. The fraction of sp³-hybridized carbons (Fsp3) is 0.263. The number of likely N-dealkylation sites (N-methyl/N-ethyl adjacent to an activating group) is 1. The van der Waals surface area contributed by atoms with Crippen LogP contribution in [0.15, 0.2) is 42.5 Å². The molecular formula is C19H21FN4O. The first-order valence-electron chi connectivity index (χ1n) is 8.10. The van der Waals surface area contributed by atoms with Gasteiger partial charge in [0.15, 0.2) is 5.69 Å². The van der Waals surface area contributed by atoms with Gasteiger partial charge in [0.1, 0.15) is 5.82 Å². The number of hydrogen-bond donors (Lipinski definition) is 2. The van der Waals surface area contributed by atoms with Crippen molar-refractivity contribution in [2.75, 3.05) is 20.6 Å². The van der Waals surface area contributed by atoms with E-state index < -0.39 is 0 Å². The first-order valence-corrected chi connectivity index (χ1v) is 8.10. The third-order valence-corrected chi connectivity index (χ3v) is 4.25. The van der Waals surface area contributed by atoms with Gasteiger partial charge < -0.3 is 10.2 Å². The molecule has 0 saturated heterocycles. The van der Waals surface area contributed by atoms with E-state index in [-0.39, 0.29) is 17.8 Å². The van der Waals surface area contributed by atoms with Crippen molar-refractivity contribution < 1.29 is 9.18 Å². The first kappa shape index (κ1) is 17.1. The summed E-state index contributed by atoms with van der Waals surface area (Å²) in [5.41, 5.74) is 3.07. The first-order chi connectivity index (χ1) is 12.0. The van der Waals surface area contributed by atoms with Gasteiger partial charge in [-0.05, 0) is 50.8 Å². The van der Waals surface area contributed by atoms with Crippen molar-refractivity contribution in [2.45, 2.75) is 13.0 Å². The van der Waals surface area contributed by atoms with Crippen molar-refractivity contribution in [3.05, 3.63) is 65.1 Å². The maximum Gasteiger partial charge on any atom is 0.272 e. The molecular weight excluding hydrogens is 319 g/mol. The molecule has 1 heterocycles. The van der Waals surface area contributed by atoms with E-state index in [1.807, 2.05) is 50.2 Å². The number of fused-ring (bicyclic) bond motifs is 1. The number of nitrogens with zero attached hydrogens (tertiary/aromatic N) is 2. The zero-order chi connectivity index (χ0) is 18.0. The van der Waals surface area contributed by atoms with Crippen LogP contribution in [0.4, 0.5) is 4.39 Å². The van der Waals surface area contributed by atoms with Gasteiger partial charge in [-0.1, -0.05) is 23.8 Å². The van der Waals surface area contributed by atoms with Gasteiger partial charge in [-0.3, -0.25) is 9.89 Å². The predicted octanol–water partition coefficient (Wildman–Crippen LogP) is 3.04. The highest BCUT2D eigenvalue weighted by Crippen LogP contribution is 2.20. The lowest BCUT2D eigenvalue weighted by atomic mass is 10.1. The van der Waals surface area contributed by atoms with Crippen LogP contribution in [0.25, 0.3) is 10.9 Å². The number of aryl methyl sites for hydroxylation is 1. The standard InChI is InChI=1S/C19H21FN4O/c1-12-7-8-16-15(9-12)18(23-22-16)19(25)21-11-17(24(2)3)13-5-4-6-14(20)10-13/h4-10,17H,11H2,1-3H3,(H,21,25)(H,22,23). The number of amides is 1. The average molecular weight is 340 g/mol. The Labute approximate surface area is 145 Å². The van der Waals surface area contributed by atoms with Crippen LogP contribution in [0, 0.1) is 12.7 Å². The molecule has 1 unspecified atom stereocenters. The summed E-state index contributed by atoms with van der Waals surface area (Å²) in [6.45, 7) is 2.33. The summed E-state index contributed by atoms with van der Waals surface area (Å²) in [6.07, 6.45) is 0. The lowest BCUT2D eigenvalue weighted by Crippen LogP contribution is -2.34. The zero-order valence-electron chi connectivity index (χ0n) is 14.5. The molecule has 130 valence electrons. The summed E-state index contributed by atoms with van der Waals surface area (Å²) in [7, 11) is 3.80. The fourth-order valence-corrected chi connectivity index (χ4v) is 2.89. The lowest BCUT2D eigenvalue weighted by molar-refractivity contribution is 0.0938. The second-order valence-electron chi connectivity index (χ2n) is 6.37. The van der Waals surface area contributed by atoms with Crippen LogP contribution >= 0.6 is 0 Å². The van der Waals surface area contributed by atoms with Crippen molar-refractivity contribution in [3.63, 3.8) is 0 Å². The molecule has 0 aliphatic heterocycles. The predicted molar refractivity (Wildman–Crippen MR) is 96.0 cm³/mol. The minimum atomic E-state index is -0.288. The maximum absolute atomic E-state index is 13.5. The highest BCUT2D eigenvalue weighted by molar-refractivity contribution is 6.04.